The first-order valence-electron chi connectivity index (χ1n) is 7.89. The van der Waals surface area contributed by atoms with Gasteiger partial charge >= 0.3 is 17.6 Å². The smallest absolute Gasteiger partial charge is 0.335 e. The van der Waals surface area contributed by atoms with Crippen LogP contribution in [0.5, 0.6) is 0 Å². The molecule has 0 bridgehead atoms. The highest BCUT2D eigenvalue weighted by molar-refractivity contribution is 5.90. The van der Waals surface area contributed by atoms with Crippen molar-refractivity contribution in [2.24, 2.45) is 0 Å². The highest BCUT2D eigenvalue weighted by Crippen LogP contribution is 2.26. The first kappa shape index (κ1) is 23.0. The summed E-state index contributed by atoms with van der Waals surface area (Å²) in [7, 11) is 0. The highest BCUT2D eigenvalue weighted by atomic mass is 19.1. The number of aromatic carboxylic acids is 2. The Labute approximate surface area is 162 Å². The van der Waals surface area contributed by atoms with Gasteiger partial charge in [-0.1, -0.05) is 0 Å². The Morgan fingerprint density at radius 2 is 1.38 bits per heavy atom. The maximum absolute atomic E-state index is 12.6. The van der Waals surface area contributed by atoms with Gasteiger partial charge in [0, 0.05) is 18.2 Å². The summed E-state index contributed by atoms with van der Waals surface area (Å²) in [6.45, 7) is 3.68. The van der Waals surface area contributed by atoms with E-state index in [1.54, 1.807) is 0 Å². The molecule has 2 aromatic carbocycles. The molecule has 0 saturated carbocycles. The van der Waals surface area contributed by atoms with Crippen molar-refractivity contribution in [1.29, 1.82) is 0 Å². The lowest BCUT2D eigenvalue weighted by Crippen LogP contribution is -2.11. The lowest BCUT2D eigenvalue weighted by molar-refractivity contribution is -0.387. The topological polar surface area (TPSA) is 173 Å². The Morgan fingerprint density at radius 1 is 0.931 bits per heavy atom. The van der Waals surface area contributed by atoms with E-state index in [0.717, 1.165) is 18.2 Å². The first-order chi connectivity index (χ1) is 13.4. The minimum atomic E-state index is -1.33. The van der Waals surface area contributed by atoms with E-state index in [4.69, 9.17) is 10.2 Å². The van der Waals surface area contributed by atoms with Gasteiger partial charge in [0.2, 0.25) is 5.82 Å². The van der Waals surface area contributed by atoms with E-state index in [1.165, 1.54) is 12.1 Å². The van der Waals surface area contributed by atoms with E-state index < -0.39 is 33.3 Å². The molecular weight excluding hydrogens is 393 g/mol. The summed E-state index contributed by atoms with van der Waals surface area (Å²) in [5, 5.41) is 41.0. The molecule has 2 aromatic rings. The van der Waals surface area contributed by atoms with Crippen molar-refractivity contribution >= 4 is 29.0 Å². The molecule has 29 heavy (non-hydrogen) atoms. The molecule has 0 aliphatic heterocycles. The number of hydrogen-bond donors (Lipinski definition) is 3. The van der Waals surface area contributed by atoms with Crippen LogP contribution in [-0.2, 0) is 0 Å². The average molecular weight is 409 g/mol. The van der Waals surface area contributed by atoms with E-state index in [2.05, 4.69) is 5.32 Å². The van der Waals surface area contributed by atoms with Gasteiger partial charge in [-0.15, -0.1) is 0 Å². The number of carbonyl (C=O) groups is 2. The number of nitro benzene ring substituents is 2. The number of anilines is 1. The minimum absolute atomic E-state index is 0.0365. The van der Waals surface area contributed by atoms with Crippen LogP contribution >= 0.6 is 0 Å². The van der Waals surface area contributed by atoms with Gasteiger partial charge in [-0.2, -0.15) is 4.39 Å². The molecule has 0 heterocycles. The van der Waals surface area contributed by atoms with E-state index in [0.29, 0.717) is 11.8 Å². The van der Waals surface area contributed by atoms with Crippen molar-refractivity contribution in [3.63, 3.8) is 0 Å². The van der Waals surface area contributed by atoms with Gasteiger partial charge in [0.05, 0.1) is 21.0 Å². The fourth-order valence-corrected chi connectivity index (χ4v) is 2.03. The predicted octanol–water partition coefficient (Wildman–Crippen LogP) is 3.55. The molecule has 0 unspecified atom stereocenters. The quantitative estimate of drug-likeness (QED) is 0.476. The van der Waals surface area contributed by atoms with E-state index in [-0.39, 0.29) is 22.9 Å². The number of carboxylic acid groups (broad SMARTS) is 2. The molecule has 2 rings (SSSR count). The van der Waals surface area contributed by atoms with Gasteiger partial charge in [-0.3, -0.25) is 20.2 Å². The zero-order chi connectivity index (χ0) is 22.3. The number of benzene rings is 2. The van der Waals surface area contributed by atoms with Crippen molar-refractivity contribution in [2.45, 2.75) is 19.9 Å². The largest absolute Gasteiger partial charge is 0.478 e. The molecule has 0 atom stereocenters. The monoisotopic (exact) mass is 409 g/mol. The summed E-state index contributed by atoms with van der Waals surface area (Å²) in [6, 6.07) is 6.22. The molecule has 0 spiro atoms. The molecule has 0 aliphatic rings. The van der Waals surface area contributed by atoms with Crippen LogP contribution < -0.4 is 5.32 Å². The van der Waals surface area contributed by atoms with Gasteiger partial charge in [0.15, 0.2) is 0 Å². The lowest BCUT2D eigenvalue weighted by atomic mass is 10.1. The third kappa shape index (κ3) is 6.53. The molecule has 0 aromatic heterocycles. The molecule has 0 radical (unpaired) electrons. The Hall–Kier alpha value is -4.09. The lowest BCUT2D eigenvalue weighted by Gasteiger charge is -2.10. The first-order valence-corrected chi connectivity index (χ1v) is 7.89. The average Bonchev–Trinajstić information content (AvgIpc) is 2.61. The molecule has 154 valence electrons. The van der Waals surface area contributed by atoms with E-state index in [9.17, 15) is 34.2 Å². The predicted molar refractivity (Wildman–Crippen MR) is 98.8 cm³/mol. The molecule has 12 heteroatoms. The summed E-state index contributed by atoms with van der Waals surface area (Å²) in [4.78, 5) is 40.4. The van der Waals surface area contributed by atoms with Crippen LogP contribution in [0, 0.1) is 26.0 Å². The van der Waals surface area contributed by atoms with Crippen LogP contribution in [0.4, 0.5) is 21.5 Å². The summed E-state index contributed by atoms with van der Waals surface area (Å²) in [5.74, 6) is -3.56. The van der Waals surface area contributed by atoms with Crippen molar-refractivity contribution in [3.8, 4) is 0 Å². The molecule has 11 nitrogen and oxygen atoms in total. The van der Waals surface area contributed by atoms with Gasteiger partial charge < -0.3 is 15.5 Å². The molecule has 0 amide bonds. The van der Waals surface area contributed by atoms with E-state index >= 15 is 0 Å². The second kappa shape index (κ2) is 9.73. The third-order valence-corrected chi connectivity index (χ3v) is 3.28. The zero-order valence-corrected chi connectivity index (χ0v) is 15.2. The van der Waals surface area contributed by atoms with Gasteiger partial charge in [0.1, 0.15) is 5.69 Å². The summed E-state index contributed by atoms with van der Waals surface area (Å²) in [6.07, 6.45) is 0. The maximum Gasteiger partial charge on any atom is 0.335 e. The number of nitrogens with one attached hydrogen (secondary N) is 1. The Kier molecular flexibility index (Phi) is 7.70. The van der Waals surface area contributed by atoms with Crippen molar-refractivity contribution in [3.05, 3.63) is 73.6 Å². The number of carboxylic acids is 2. The third-order valence-electron chi connectivity index (χ3n) is 3.28. The highest BCUT2D eigenvalue weighted by Gasteiger charge is 2.18. The molecule has 0 saturated heterocycles. The second-order valence-electron chi connectivity index (χ2n) is 5.82. The molecular formula is C17H16FN3O8. The van der Waals surface area contributed by atoms with Crippen LogP contribution in [0.15, 0.2) is 36.4 Å². The summed E-state index contributed by atoms with van der Waals surface area (Å²) < 4.78 is 12.6. The number of nitro groups is 2. The van der Waals surface area contributed by atoms with Crippen LogP contribution in [0.1, 0.15) is 34.6 Å². The van der Waals surface area contributed by atoms with Crippen molar-refractivity contribution in [2.75, 3.05) is 5.32 Å². The molecule has 0 fully saturated rings. The maximum atomic E-state index is 12.6. The number of nitrogens with zero attached hydrogens (tertiary/aromatic N) is 2. The fraction of sp³-hybridized carbons (Fsp3) is 0.176. The van der Waals surface area contributed by atoms with Crippen LogP contribution in [-0.4, -0.2) is 38.0 Å². The number of hydrogen-bond acceptors (Lipinski definition) is 7. The number of halogens is 1. The van der Waals surface area contributed by atoms with E-state index in [1.807, 2.05) is 13.8 Å². The van der Waals surface area contributed by atoms with Crippen LogP contribution in [0.2, 0.25) is 0 Å². The van der Waals surface area contributed by atoms with Crippen LogP contribution in [0.3, 0.4) is 0 Å². The fourth-order valence-electron chi connectivity index (χ4n) is 2.03. The Morgan fingerprint density at radius 3 is 1.79 bits per heavy atom. The standard InChI is InChI=1S/C10H12N2O4.C7H4FNO4/c1-6(2)11-8-4-3-7(10(13)14)5-9(8)12(15)16;8-5-2-1-4(7(10)11)3-6(5)9(12)13/h3-6,11H,1-2H3,(H,13,14);1-3H,(H,10,11). The normalized spacial score (nSPS) is 9.93. The Balaban J connectivity index is 0.000000296. The van der Waals surface area contributed by atoms with Crippen molar-refractivity contribution in [1.82, 2.24) is 0 Å². The molecule has 0 aliphatic carbocycles. The second-order valence-corrected chi connectivity index (χ2v) is 5.82. The van der Waals surface area contributed by atoms with Gasteiger partial charge in [-0.05, 0) is 38.1 Å². The van der Waals surface area contributed by atoms with Gasteiger partial charge in [0.25, 0.3) is 5.69 Å². The summed E-state index contributed by atoms with van der Waals surface area (Å²) >= 11 is 0. The number of rotatable bonds is 6. The molecule has 3 N–H and O–H groups in total. The zero-order valence-electron chi connectivity index (χ0n) is 15.2. The van der Waals surface area contributed by atoms with Crippen molar-refractivity contribution < 1.29 is 34.0 Å². The SMILES string of the molecule is CC(C)Nc1ccc(C(=O)O)cc1[N+](=O)[O-].O=C(O)c1ccc(F)c([N+](=O)[O-])c1. The summed E-state index contributed by atoms with van der Waals surface area (Å²) in [5.41, 5.74) is -1.15. The minimum Gasteiger partial charge on any atom is -0.478 e. The van der Waals surface area contributed by atoms with Gasteiger partial charge in [-0.25, -0.2) is 9.59 Å². The van der Waals surface area contributed by atoms with Crippen LogP contribution in [0.25, 0.3) is 0 Å². The Bertz CT molecular complexity index is 962.